The molecule has 0 aliphatic carbocycles. The number of fused-ring (bicyclic) bond motifs is 1. The predicted molar refractivity (Wildman–Crippen MR) is 226 cm³/mol. The second kappa shape index (κ2) is 14.3. The Morgan fingerprint density at radius 2 is 0.811 bits per heavy atom. The summed E-state index contributed by atoms with van der Waals surface area (Å²) in [5.74, 6) is 0. The monoisotopic (exact) mass is 679 g/mol. The average molecular weight is 680 g/mol. The van der Waals surface area contributed by atoms with E-state index in [9.17, 15) is 5.48 Å². The van der Waals surface area contributed by atoms with Crippen LogP contribution in [0.25, 0.3) is 66.4 Å². The molecule has 0 aliphatic rings. The SMILES string of the molecule is [2H]c1c([2H])c(N(c2cccc(-c3cccc4ccccc34)c2)c2ccccc2-c2ccc(-c3ccccc3)cc2)c([2H])c([2H])c1-c1cccc(-c2ccccc2)c1. The highest BCUT2D eigenvalue weighted by atomic mass is 15.1. The molecule has 1 heteroatoms. The highest BCUT2D eigenvalue weighted by Gasteiger charge is 2.18. The van der Waals surface area contributed by atoms with E-state index in [2.05, 4.69) is 78.9 Å². The fourth-order valence-corrected chi connectivity index (χ4v) is 7.11. The van der Waals surface area contributed by atoms with Crippen LogP contribution in [0.4, 0.5) is 17.1 Å². The Kier molecular flexibility index (Phi) is 7.50. The molecule has 250 valence electrons. The largest absolute Gasteiger partial charge is 0.310 e. The first-order valence-electron chi connectivity index (χ1n) is 19.9. The fourth-order valence-electron chi connectivity index (χ4n) is 7.11. The lowest BCUT2D eigenvalue weighted by molar-refractivity contribution is 1.28. The van der Waals surface area contributed by atoms with Gasteiger partial charge >= 0.3 is 0 Å². The second-order valence-corrected chi connectivity index (χ2v) is 13.0. The van der Waals surface area contributed by atoms with Crippen molar-refractivity contribution in [3.8, 4) is 55.6 Å². The van der Waals surface area contributed by atoms with Gasteiger partial charge in [0.05, 0.1) is 11.2 Å². The van der Waals surface area contributed by atoms with Crippen LogP contribution in [0.1, 0.15) is 5.48 Å². The van der Waals surface area contributed by atoms with E-state index in [1.165, 1.54) is 0 Å². The Balaban J connectivity index is 1.25. The van der Waals surface area contributed by atoms with Gasteiger partial charge in [-0.05, 0) is 97.2 Å². The van der Waals surface area contributed by atoms with Gasteiger partial charge in [-0.25, -0.2) is 0 Å². The molecule has 0 aliphatic heterocycles. The molecule has 0 unspecified atom stereocenters. The van der Waals surface area contributed by atoms with Crippen LogP contribution in [0.15, 0.2) is 224 Å². The van der Waals surface area contributed by atoms with Crippen molar-refractivity contribution in [2.24, 2.45) is 0 Å². The third-order valence-corrected chi connectivity index (χ3v) is 9.75. The van der Waals surface area contributed by atoms with Crippen molar-refractivity contribution in [2.45, 2.75) is 0 Å². The van der Waals surface area contributed by atoms with Crippen molar-refractivity contribution in [1.82, 2.24) is 0 Å². The topological polar surface area (TPSA) is 3.24 Å². The molecule has 0 fully saturated rings. The summed E-state index contributed by atoms with van der Waals surface area (Å²) < 4.78 is 38.3. The zero-order chi connectivity index (χ0) is 38.9. The van der Waals surface area contributed by atoms with Crippen molar-refractivity contribution >= 4 is 27.8 Å². The molecular formula is C52H37N. The molecule has 9 rings (SSSR count). The van der Waals surface area contributed by atoms with E-state index in [0.29, 0.717) is 11.3 Å². The van der Waals surface area contributed by atoms with Gasteiger partial charge in [-0.2, -0.15) is 0 Å². The van der Waals surface area contributed by atoms with Gasteiger partial charge in [0.15, 0.2) is 0 Å². The standard InChI is InChI=1S/C52H37N/c1-3-14-38(15-4-1)40-28-30-43(31-29-40)51-25-9-10-27-52(51)53(48-23-12-22-46(37-48)50-26-13-19-42-18-7-8-24-49(42)50)47-34-32-41(33-35-47)45-21-11-20-44(36-45)39-16-5-2-6-17-39/h1-37H/i32D,33D,34D,35D. The van der Waals surface area contributed by atoms with Gasteiger partial charge in [0.1, 0.15) is 0 Å². The molecule has 0 spiro atoms. The van der Waals surface area contributed by atoms with E-state index >= 15 is 0 Å². The summed E-state index contributed by atoms with van der Waals surface area (Å²) in [6.07, 6.45) is 0. The molecule has 0 heterocycles. The zero-order valence-electron chi connectivity index (χ0n) is 33.0. The summed E-state index contributed by atoms with van der Waals surface area (Å²) in [7, 11) is 0. The van der Waals surface area contributed by atoms with Crippen LogP contribution < -0.4 is 4.90 Å². The van der Waals surface area contributed by atoms with Crippen LogP contribution in [0, 0.1) is 0 Å². The van der Waals surface area contributed by atoms with E-state index in [1.807, 2.05) is 126 Å². The highest BCUT2D eigenvalue weighted by molar-refractivity contribution is 5.98. The maximum atomic E-state index is 9.66. The van der Waals surface area contributed by atoms with Gasteiger partial charge in [0.25, 0.3) is 0 Å². The fraction of sp³-hybridized carbons (Fsp3) is 0. The van der Waals surface area contributed by atoms with E-state index in [-0.39, 0.29) is 35.4 Å². The number of nitrogens with zero attached hydrogens (tertiary/aromatic N) is 1. The van der Waals surface area contributed by atoms with Crippen molar-refractivity contribution in [3.05, 3.63) is 224 Å². The summed E-state index contributed by atoms with van der Waals surface area (Å²) >= 11 is 0. The molecule has 0 atom stereocenters. The van der Waals surface area contributed by atoms with Gasteiger partial charge in [-0.3, -0.25) is 0 Å². The van der Waals surface area contributed by atoms with E-state index in [4.69, 9.17) is 0 Å². The smallest absolute Gasteiger partial charge is 0.0645 e. The van der Waals surface area contributed by atoms with Crippen molar-refractivity contribution in [3.63, 3.8) is 0 Å². The summed E-state index contributed by atoms with van der Waals surface area (Å²) in [5.41, 5.74) is 10.6. The molecule has 0 saturated heterocycles. The molecule has 0 bridgehead atoms. The Bertz CT molecular complexity index is 2850. The van der Waals surface area contributed by atoms with Gasteiger partial charge in [0.2, 0.25) is 0 Å². The lowest BCUT2D eigenvalue weighted by Crippen LogP contribution is -2.11. The molecule has 9 aromatic rings. The number of para-hydroxylation sites is 1. The summed E-state index contributed by atoms with van der Waals surface area (Å²) in [6, 6.07) is 66.6. The van der Waals surface area contributed by atoms with Crippen LogP contribution in [-0.2, 0) is 0 Å². The summed E-state index contributed by atoms with van der Waals surface area (Å²) in [6.45, 7) is 0. The van der Waals surface area contributed by atoms with Crippen LogP contribution in [0.3, 0.4) is 0 Å². The quantitative estimate of drug-likeness (QED) is 0.154. The van der Waals surface area contributed by atoms with Gasteiger partial charge in [-0.15, -0.1) is 0 Å². The average Bonchev–Trinajstić information content (AvgIpc) is 3.28. The molecule has 53 heavy (non-hydrogen) atoms. The number of anilines is 3. The first-order valence-corrected chi connectivity index (χ1v) is 17.9. The molecular weight excluding hydrogens is 639 g/mol. The van der Waals surface area contributed by atoms with Crippen molar-refractivity contribution < 1.29 is 5.48 Å². The van der Waals surface area contributed by atoms with Gasteiger partial charge < -0.3 is 4.90 Å². The van der Waals surface area contributed by atoms with Crippen LogP contribution >= 0.6 is 0 Å². The van der Waals surface area contributed by atoms with Crippen LogP contribution in [0.5, 0.6) is 0 Å². The van der Waals surface area contributed by atoms with E-state index in [1.54, 1.807) is 0 Å². The minimum Gasteiger partial charge on any atom is -0.310 e. The van der Waals surface area contributed by atoms with E-state index < -0.39 is 0 Å². The van der Waals surface area contributed by atoms with Crippen LogP contribution in [0.2, 0.25) is 0 Å². The minimum absolute atomic E-state index is 0.101. The zero-order valence-corrected chi connectivity index (χ0v) is 29.0. The molecule has 0 saturated carbocycles. The number of rotatable bonds is 8. The maximum absolute atomic E-state index is 9.66. The number of hydrogen-bond acceptors (Lipinski definition) is 1. The maximum Gasteiger partial charge on any atom is 0.0645 e. The highest BCUT2D eigenvalue weighted by Crippen LogP contribution is 2.43. The van der Waals surface area contributed by atoms with Crippen LogP contribution in [-0.4, -0.2) is 0 Å². The Labute approximate surface area is 317 Å². The Morgan fingerprint density at radius 1 is 0.302 bits per heavy atom. The van der Waals surface area contributed by atoms with Crippen molar-refractivity contribution in [1.29, 1.82) is 0 Å². The summed E-state index contributed by atoms with van der Waals surface area (Å²) in [5, 5.41) is 2.25. The Hall–Kier alpha value is -6.96. The first kappa shape index (κ1) is 27.7. The van der Waals surface area contributed by atoms with Gasteiger partial charge in [0, 0.05) is 16.9 Å². The molecule has 0 aromatic heterocycles. The predicted octanol–water partition coefficient (Wildman–Crippen LogP) is 14.6. The van der Waals surface area contributed by atoms with Crippen molar-refractivity contribution in [2.75, 3.05) is 4.90 Å². The number of hydrogen-bond donors (Lipinski definition) is 0. The second-order valence-electron chi connectivity index (χ2n) is 13.0. The molecule has 0 radical (unpaired) electrons. The molecule has 0 N–H and O–H groups in total. The third kappa shape index (κ3) is 6.53. The molecule has 1 nitrogen and oxygen atoms in total. The first-order chi connectivity index (χ1) is 28.0. The van der Waals surface area contributed by atoms with Gasteiger partial charge in [-0.1, -0.05) is 188 Å². The lowest BCUT2D eigenvalue weighted by Gasteiger charge is -2.28. The molecule has 0 amide bonds. The minimum atomic E-state index is -0.124. The summed E-state index contributed by atoms with van der Waals surface area (Å²) in [4.78, 5) is 1.90. The van der Waals surface area contributed by atoms with E-state index in [0.717, 1.165) is 61.0 Å². The molecule has 9 aromatic carbocycles. The lowest BCUT2D eigenvalue weighted by atomic mass is 9.96. The Morgan fingerprint density at radius 3 is 1.58 bits per heavy atom. The normalized spacial score (nSPS) is 12.1. The number of benzene rings is 9. The third-order valence-electron chi connectivity index (χ3n) is 9.75.